The Labute approximate surface area is 77.8 Å². The lowest BCUT2D eigenvalue weighted by atomic mass is 10.5. The molecule has 2 heterocycles. The van der Waals surface area contributed by atoms with E-state index in [0.717, 1.165) is 0 Å². The molecule has 0 atom stereocenters. The minimum atomic E-state index is -1.17. The molecule has 0 aliphatic rings. The van der Waals surface area contributed by atoms with Crippen LogP contribution in [0, 0.1) is 0 Å². The molecule has 0 aliphatic heterocycles. The zero-order valence-corrected chi connectivity index (χ0v) is 6.88. The summed E-state index contributed by atoms with van der Waals surface area (Å²) < 4.78 is 0. The molecule has 2 aromatic heterocycles. The van der Waals surface area contributed by atoms with Crippen LogP contribution in [0.25, 0.3) is 11.2 Å². The first-order chi connectivity index (χ1) is 6.27. The minimum absolute atomic E-state index is 0. The Morgan fingerprint density at radius 3 is 2.64 bits per heavy atom. The van der Waals surface area contributed by atoms with Crippen molar-refractivity contribution >= 4 is 17.1 Å². The Balaban J connectivity index is 0.000000980. The highest BCUT2D eigenvalue weighted by Gasteiger charge is 2.07. The Kier molecular flexibility index (Phi) is 2.63. The van der Waals surface area contributed by atoms with E-state index in [4.69, 9.17) is 5.11 Å². The third kappa shape index (κ3) is 1.62. The van der Waals surface area contributed by atoms with Crippen molar-refractivity contribution in [1.82, 2.24) is 19.9 Å². The van der Waals surface area contributed by atoms with Gasteiger partial charge in [-0.3, -0.25) is 0 Å². The third-order valence-corrected chi connectivity index (χ3v) is 1.42. The van der Waals surface area contributed by atoms with Crippen LogP contribution in [0.15, 0.2) is 18.6 Å². The maximum atomic E-state index is 10.5. The van der Waals surface area contributed by atoms with Gasteiger partial charge in [0.15, 0.2) is 5.65 Å². The van der Waals surface area contributed by atoms with E-state index in [-0.39, 0.29) is 16.9 Å². The van der Waals surface area contributed by atoms with Crippen LogP contribution in [-0.2, 0) is 0 Å². The van der Waals surface area contributed by atoms with E-state index >= 15 is 0 Å². The number of rotatable bonds is 1. The first-order valence-electron chi connectivity index (χ1n) is 3.44. The van der Waals surface area contributed by atoms with Crippen LogP contribution in [0.1, 0.15) is 10.6 Å². The summed E-state index contributed by atoms with van der Waals surface area (Å²) in [6.07, 6.45) is 4.27. The highest BCUT2D eigenvalue weighted by atomic mass is 16.4. The van der Waals surface area contributed by atoms with Crippen LogP contribution in [-0.4, -0.2) is 36.5 Å². The van der Waals surface area contributed by atoms with Gasteiger partial charge in [-0.2, -0.15) is 0 Å². The molecule has 0 fully saturated rings. The van der Waals surface area contributed by atoms with Crippen LogP contribution in [0.3, 0.4) is 0 Å². The van der Waals surface area contributed by atoms with E-state index in [2.05, 4.69) is 19.9 Å². The smallest absolute Gasteiger partial charge is 0.374 e. The van der Waals surface area contributed by atoms with Crippen LogP contribution in [0.4, 0.5) is 0 Å². The van der Waals surface area contributed by atoms with E-state index in [1.807, 2.05) is 0 Å². The average molecular weight is 194 g/mol. The molecule has 0 aromatic carbocycles. The fourth-order valence-electron chi connectivity index (χ4n) is 0.873. The number of carboxylic acid groups (broad SMARTS) is 1. The Bertz CT molecular complexity index is 473. The number of nitrogens with zero attached hydrogens (tertiary/aromatic N) is 4. The van der Waals surface area contributed by atoms with Gasteiger partial charge in [-0.1, -0.05) is 0 Å². The van der Waals surface area contributed by atoms with Gasteiger partial charge in [0, 0.05) is 12.4 Å². The fourth-order valence-corrected chi connectivity index (χ4v) is 0.873. The van der Waals surface area contributed by atoms with Gasteiger partial charge in [0.2, 0.25) is 5.82 Å². The van der Waals surface area contributed by atoms with Crippen LogP contribution < -0.4 is 0 Å². The summed E-state index contributed by atoms with van der Waals surface area (Å²) in [5, 5.41) is 8.57. The summed E-state index contributed by atoms with van der Waals surface area (Å²) in [7, 11) is 0. The molecule has 7 heteroatoms. The molecule has 0 saturated carbocycles. The molecule has 2 aromatic rings. The van der Waals surface area contributed by atoms with Crippen LogP contribution in [0.2, 0.25) is 0 Å². The van der Waals surface area contributed by atoms with Crippen molar-refractivity contribution in [2.45, 2.75) is 0 Å². The third-order valence-electron chi connectivity index (χ3n) is 1.42. The highest BCUT2D eigenvalue weighted by molar-refractivity contribution is 5.85. The first-order valence-corrected chi connectivity index (χ1v) is 3.44. The molecule has 3 N–H and O–H groups in total. The summed E-state index contributed by atoms with van der Waals surface area (Å²) in [5.74, 6) is -1.44. The van der Waals surface area contributed by atoms with Crippen molar-refractivity contribution in [3.05, 3.63) is 24.4 Å². The summed E-state index contributed by atoms with van der Waals surface area (Å²) in [5.41, 5.74) is 0.766. The molecule has 0 spiro atoms. The summed E-state index contributed by atoms with van der Waals surface area (Å²) >= 11 is 0. The van der Waals surface area contributed by atoms with Crippen LogP contribution in [0.5, 0.6) is 0 Å². The molecule has 0 bridgehead atoms. The van der Waals surface area contributed by atoms with Gasteiger partial charge in [-0.15, -0.1) is 0 Å². The summed E-state index contributed by atoms with van der Waals surface area (Å²) in [6, 6.07) is 0. The van der Waals surface area contributed by atoms with E-state index in [9.17, 15) is 4.79 Å². The van der Waals surface area contributed by atoms with Gasteiger partial charge in [0.1, 0.15) is 5.52 Å². The van der Waals surface area contributed by atoms with Crippen molar-refractivity contribution in [1.29, 1.82) is 0 Å². The second kappa shape index (κ2) is 3.71. The Morgan fingerprint density at radius 2 is 1.93 bits per heavy atom. The van der Waals surface area contributed by atoms with Crippen LogP contribution >= 0.6 is 0 Å². The lowest BCUT2D eigenvalue weighted by Crippen LogP contribution is -2.04. The van der Waals surface area contributed by atoms with Gasteiger partial charge in [0.25, 0.3) is 0 Å². The van der Waals surface area contributed by atoms with Gasteiger partial charge in [-0.25, -0.2) is 24.7 Å². The van der Waals surface area contributed by atoms with Gasteiger partial charge in [-0.05, 0) is 0 Å². The zero-order chi connectivity index (χ0) is 9.26. The molecule has 0 saturated heterocycles. The standard InChI is InChI=1S/C7H4N4O2.H2O/c12-7(13)6-10-3-4-5(11-6)9-2-1-8-4;/h1-3H,(H,12,13);1H2. The Morgan fingerprint density at radius 1 is 1.21 bits per heavy atom. The van der Waals surface area contributed by atoms with Gasteiger partial charge in [0.05, 0.1) is 6.20 Å². The largest absolute Gasteiger partial charge is 0.475 e. The summed E-state index contributed by atoms with van der Waals surface area (Å²) in [6.45, 7) is 0. The van der Waals surface area contributed by atoms with Crippen molar-refractivity contribution < 1.29 is 15.4 Å². The second-order valence-corrected chi connectivity index (χ2v) is 2.26. The molecular weight excluding hydrogens is 188 g/mol. The number of aromatic nitrogens is 4. The van der Waals surface area contributed by atoms with Crippen molar-refractivity contribution in [3.63, 3.8) is 0 Å². The van der Waals surface area contributed by atoms with Gasteiger partial charge < -0.3 is 10.6 Å². The molecule has 7 nitrogen and oxygen atoms in total. The number of carbonyl (C=O) groups is 1. The normalized spacial score (nSPS) is 9.43. The zero-order valence-electron chi connectivity index (χ0n) is 6.88. The van der Waals surface area contributed by atoms with E-state index in [1.54, 1.807) is 0 Å². The van der Waals surface area contributed by atoms with Crippen molar-refractivity contribution in [2.24, 2.45) is 0 Å². The molecule has 2 rings (SSSR count). The number of hydrogen-bond donors (Lipinski definition) is 1. The predicted octanol–water partition coefficient (Wildman–Crippen LogP) is -0.707. The van der Waals surface area contributed by atoms with E-state index < -0.39 is 5.97 Å². The monoisotopic (exact) mass is 194 g/mol. The van der Waals surface area contributed by atoms with E-state index in [0.29, 0.717) is 5.52 Å². The first kappa shape index (κ1) is 9.93. The van der Waals surface area contributed by atoms with Gasteiger partial charge >= 0.3 is 5.97 Å². The molecule has 0 unspecified atom stereocenters. The van der Waals surface area contributed by atoms with E-state index in [1.165, 1.54) is 18.6 Å². The molecule has 0 radical (unpaired) electrons. The Hall–Kier alpha value is -2.15. The number of aromatic carboxylic acids is 1. The molecule has 72 valence electrons. The summed E-state index contributed by atoms with van der Waals surface area (Å²) in [4.78, 5) is 25.5. The quantitative estimate of drug-likeness (QED) is 0.640. The second-order valence-electron chi connectivity index (χ2n) is 2.26. The maximum Gasteiger partial charge on any atom is 0.374 e. The molecule has 0 aliphatic carbocycles. The average Bonchev–Trinajstić information content (AvgIpc) is 2.17. The predicted molar refractivity (Wildman–Crippen MR) is 45.7 cm³/mol. The number of hydrogen-bond acceptors (Lipinski definition) is 5. The minimum Gasteiger partial charge on any atom is -0.475 e. The van der Waals surface area contributed by atoms with Crippen molar-refractivity contribution in [3.8, 4) is 0 Å². The lowest BCUT2D eigenvalue weighted by Gasteiger charge is -1.94. The fraction of sp³-hybridized carbons (Fsp3) is 0. The maximum absolute atomic E-state index is 10.5. The number of fused-ring (bicyclic) bond motifs is 1. The molecule has 0 amide bonds. The molecular formula is C7H6N4O3. The SMILES string of the molecule is O.O=C(O)c1ncc2nccnc2n1. The highest BCUT2D eigenvalue weighted by Crippen LogP contribution is 2.02. The topological polar surface area (TPSA) is 120 Å². The van der Waals surface area contributed by atoms with Crippen molar-refractivity contribution in [2.75, 3.05) is 0 Å². The lowest BCUT2D eigenvalue weighted by molar-refractivity contribution is 0.0684. The molecule has 14 heavy (non-hydrogen) atoms. The number of carboxylic acids is 1.